The molecule has 1 saturated heterocycles. The van der Waals surface area contributed by atoms with E-state index in [1.54, 1.807) is 12.1 Å². The first-order valence-corrected chi connectivity index (χ1v) is 11.9. The van der Waals surface area contributed by atoms with Gasteiger partial charge in [0.15, 0.2) is 11.0 Å². The van der Waals surface area contributed by atoms with Gasteiger partial charge in [0.1, 0.15) is 5.82 Å². The largest absolute Gasteiger partial charge is 0.368 e. The van der Waals surface area contributed by atoms with E-state index in [0.717, 1.165) is 48.3 Å². The van der Waals surface area contributed by atoms with Crippen molar-refractivity contribution in [2.45, 2.75) is 32.0 Å². The Labute approximate surface area is 192 Å². The average Bonchev–Trinajstić information content (AvgIpc) is 3.21. The maximum absolute atomic E-state index is 13.2. The van der Waals surface area contributed by atoms with Gasteiger partial charge in [0, 0.05) is 44.0 Å². The number of amides is 1. The first kappa shape index (κ1) is 22.3. The molecule has 0 saturated carbocycles. The van der Waals surface area contributed by atoms with Gasteiger partial charge in [0.05, 0.1) is 5.75 Å². The zero-order valence-corrected chi connectivity index (χ0v) is 19.3. The Morgan fingerprint density at radius 1 is 1.06 bits per heavy atom. The number of hydrogen-bond donors (Lipinski definition) is 0. The van der Waals surface area contributed by atoms with Gasteiger partial charge < -0.3 is 14.4 Å². The summed E-state index contributed by atoms with van der Waals surface area (Å²) >= 11 is 1.45. The van der Waals surface area contributed by atoms with Crippen LogP contribution in [0.25, 0.3) is 11.4 Å². The van der Waals surface area contributed by atoms with E-state index < -0.39 is 0 Å². The molecule has 8 heteroatoms. The normalized spacial score (nSPS) is 14.1. The predicted molar refractivity (Wildman–Crippen MR) is 126 cm³/mol. The molecule has 0 N–H and O–H groups in total. The second kappa shape index (κ2) is 10.2. The molecular formula is C24H28FN5OS. The quantitative estimate of drug-likeness (QED) is 0.501. The van der Waals surface area contributed by atoms with Crippen molar-refractivity contribution in [3.8, 4) is 11.4 Å². The van der Waals surface area contributed by atoms with Crippen LogP contribution in [0.1, 0.15) is 18.9 Å². The molecular weight excluding hydrogens is 425 g/mol. The molecule has 1 amide bonds. The summed E-state index contributed by atoms with van der Waals surface area (Å²) in [5.41, 5.74) is 3.21. The zero-order chi connectivity index (χ0) is 22.5. The van der Waals surface area contributed by atoms with Crippen LogP contribution in [0.3, 0.4) is 0 Å². The highest BCUT2D eigenvalue weighted by atomic mass is 32.2. The first-order valence-electron chi connectivity index (χ1n) is 11.0. The number of halogens is 1. The van der Waals surface area contributed by atoms with Crippen LogP contribution in [0.15, 0.2) is 53.7 Å². The highest BCUT2D eigenvalue weighted by Gasteiger charge is 2.22. The van der Waals surface area contributed by atoms with Crippen LogP contribution >= 0.6 is 11.8 Å². The van der Waals surface area contributed by atoms with E-state index in [-0.39, 0.29) is 11.7 Å². The number of rotatable bonds is 7. The fourth-order valence-electron chi connectivity index (χ4n) is 3.90. The van der Waals surface area contributed by atoms with Crippen molar-refractivity contribution >= 4 is 23.4 Å². The monoisotopic (exact) mass is 453 g/mol. The topological polar surface area (TPSA) is 54.3 Å². The molecule has 2 aromatic carbocycles. The number of carbonyl (C=O) groups excluding carboxylic acids is 1. The molecule has 6 nitrogen and oxygen atoms in total. The Morgan fingerprint density at radius 2 is 1.81 bits per heavy atom. The maximum atomic E-state index is 13.2. The average molecular weight is 454 g/mol. The SMILES string of the molecule is CCCn1c(SCC(=O)N2CCN(c3ccc(F)cc3)CC2)nnc1-c1cccc(C)c1. The van der Waals surface area contributed by atoms with Crippen LogP contribution in [0, 0.1) is 12.7 Å². The molecule has 1 aromatic heterocycles. The van der Waals surface area contributed by atoms with Gasteiger partial charge in [-0.3, -0.25) is 4.79 Å². The van der Waals surface area contributed by atoms with Gasteiger partial charge in [-0.15, -0.1) is 10.2 Å². The van der Waals surface area contributed by atoms with Gasteiger partial charge in [-0.2, -0.15) is 0 Å². The number of thioether (sulfide) groups is 1. The molecule has 3 aromatic rings. The molecule has 0 aliphatic carbocycles. The van der Waals surface area contributed by atoms with Crippen LogP contribution < -0.4 is 4.90 Å². The molecule has 0 spiro atoms. The summed E-state index contributed by atoms with van der Waals surface area (Å²) in [4.78, 5) is 16.9. The number of carbonyl (C=O) groups is 1. The van der Waals surface area contributed by atoms with Crippen LogP contribution in [-0.2, 0) is 11.3 Å². The Kier molecular flexibility index (Phi) is 7.09. The van der Waals surface area contributed by atoms with Crippen molar-refractivity contribution in [1.29, 1.82) is 0 Å². The third-order valence-electron chi connectivity index (χ3n) is 5.59. The van der Waals surface area contributed by atoms with E-state index in [9.17, 15) is 9.18 Å². The fraction of sp³-hybridized carbons (Fsp3) is 0.375. The Morgan fingerprint density at radius 3 is 2.50 bits per heavy atom. The van der Waals surface area contributed by atoms with E-state index in [2.05, 4.69) is 45.6 Å². The molecule has 0 bridgehead atoms. The summed E-state index contributed by atoms with van der Waals surface area (Å²) in [7, 11) is 0. The third-order valence-corrected chi connectivity index (χ3v) is 6.54. The minimum absolute atomic E-state index is 0.108. The van der Waals surface area contributed by atoms with Crippen LogP contribution in [-0.4, -0.2) is 57.5 Å². The van der Waals surface area contributed by atoms with Crippen molar-refractivity contribution in [2.24, 2.45) is 0 Å². The van der Waals surface area contributed by atoms with Crippen molar-refractivity contribution in [1.82, 2.24) is 19.7 Å². The summed E-state index contributed by atoms with van der Waals surface area (Å²) in [5, 5.41) is 9.58. The summed E-state index contributed by atoms with van der Waals surface area (Å²) in [6.45, 7) is 7.80. The van der Waals surface area contributed by atoms with Crippen LogP contribution in [0.2, 0.25) is 0 Å². The lowest BCUT2D eigenvalue weighted by Gasteiger charge is -2.36. The van der Waals surface area contributed by atoms with Crippen molar-refractivity contribution < 1.29 is 9.18 Å². The predicted octanol–water partition coefficient (Wildman–Crippen LogP) is 4.24. The van der Waals surface area contributed by atoms with Gasteiger partial charge in [0.2, 0.25) is 5.91 Å². The minimum Gasteiger partial charge on any atom is -0.368 e. The Bertz CT molecular complexity index is 1060. The molecule has 0 atom stereocenters. The van der Waals surface area contributed by atoms with Crippen molar-refractivity contribution in [2.75, 3.05) is 36.8 Å². The minimum atomic E-state index is -0.235. The van der Waals surface area contributed by atoms with Gasteiger partial charge in [-0.25, -0.2) is 4.39 Å². The highest BCUT2D eigenvalue weighted by molar-refractivity contribution is 7.99. The van der Waals surface area contributed by atoms with Gasteiger partial charge >= 0.3 is 0 Å². The van der Waals surface area contributed by atoms with Gasteiger partial charge in [0.25, 0.3) is 0 Å². The van der Waals surface area contributed by atoms with Gasteiger partial charge in [-0.05, 0) is 43.7 Å². The smallest absolute Gasteiger partial charge is 0.233 e. The summed E-state index contributed by atoms with van der Waals surface area (Å²) in [6.07, 6.45) is 0.962. The molecule has 1 aliphatic rings. The second-order valence-corrected chi connectivity index (χ2v) is 8.90. The summed E-state index contributed by atoms with van der Waals surface area (Å²) in [5.74, 6) is 1.06. The van der Waals surface area contributed by atoms with E-state index >= 15 is 0 Å². The Balaban J connectivity index is 1.36. The molecule has 0 unspecified atom stereocenters. The first-order chi connectivity index (χ1) is 15.5. The number of benzene rings is 2. The number of aromatic nitrogens is 3. The number of anilines is 1. The van der Waals surface area contributed by atoms with Crippen LogP contribution in [0.4, 0.5) is 10.1 Å². The molecule has 1 fully saturated rings. The molecule has 168 valence electrons. The maximum Gasteiger partial charge on any atom is 0.233 e. The molecule has 32 heavy (non-hydrogen) atoms. The molecule has 4 rings (SSSR count). The van der Waals surface area contributed by atoms with Gasteiger partial charge in [-0.1, -0.05) is 42.4 Å². The summed E-state index contributed by atoms with van der Waals surface area (Å²) < 4.78 is 15.3. The lowest BCUT2D eigenvalue weighted by Crippen LogP contribution is -2.49. The third kappa shape index (κ3) is 5.12. The van der Waals surface area contributed by atoms with E-state index in [1.807, 2.05) is 17.0 Å². The fourth-order valence-corrected chi connectivity index (χ4v) is 4.77. The van der Waals surface area contributed by atoms with E-state index in [0.29, 0.717) is 18.8 Å². The number of nitrogens with zero attached hydrogens (tertiary/aromatic N) is 5. The standard InChI is InChI=1S/C24H28FN5OS/c1-3-11-30-23(19-6-4-5-18(2)16-19)26-27-24(30)32-17-22(31)29-14-12-28(13-15-29)21-9-7-20(25)8-10-21/h4-10,16H,3,11-15,17H2,1-2H3. The lowest BCUT2D eigenvalue weighted by molar-refractivity contribution is -0.128. The number of hydrogen-bond acceptors (Lipinski definition) is 5. The van der Waals surface area contributed by atoms with E-state index in [4.69, 9.17) is 0 Å². The van der Waals surface area contributed by atoms with Crippen LogP contribution in [0.5, 0.6) is 0 Å². The number of aryl methyl sites for hydroxylation is 1. The van der Waals surface area contributed by atoms with Crippen molar-refractivity contribution in [3.63, 3.8) is 0 Å². The lowest BCUT2D eigenvalue weighted by atomic mass is 10.1. The highest BCUT2D eigenvalue weighted by Crippen LogP contribution is 2.25. The molecule has 0 radical (unpaired) electrons. The molecule has 1 aliphatic heterocycles. The van der Waals surface area contributed by atoms with Crippen molar-refractivity contribution in [3.05, 3.63) is 59.9 Å². The molecule has 2 heterocycles. The Hall–Kier alpha value is -2.87. The second-order valence-electron chi connectivity index (χ2n) is 7.96. The van der Waals surface area contributed by atoms with E-state index in [1.165, 1.54) is 29.5 Å². The number of piperazine rings is 1. The summed E-state index contributed by atoms with van der Waals surface area (Å²) in [6, 6.07) is 14.8. The zero-order valence-electron chi connectivity index (χ0n) is 18.5.